The number of hydrogen-bond acceptors (Lipinski definition) is 2. The molecule has 1 rings (SSSR count). The summed E-state index contributed by atoms with van der Waals surface area (Å²) >= 11 is 0. The van der Waals surface area contributed by atoms with Crippen molar-refractivity contribution < 1.29 is 10.2 Å². The normalized spacial score (nSPS) is 24.0. The second-order valence-electron chi connectivity index (χ2n) is 5.27. The van der Waals surface area contributed by atoms with E-state index in [4.69, 9.17) is 0 Å². The van der Waals surface area contributed by atoms with Crippen LogP contribution in [0.1, 0.15) is 58.8 Å². The third-order valence-corrected chi connectivity index (χ3v) is 3.91. The lowest BCUT2D eigenvalue weighted by atomic mass is 9.67. The van der Waals surface area contributed by atoms with Gasteiger partial charge in [0.25, 0.3) is 0 Å². The summed E-state index contributed by atoms with van der Waals surface area (Å²) in [6, 6.07) is 0. The molecule has 0 bridgehead atoms. The molecule has 0 atom stereocenters. The Kier molecular flexibility index (Phi) is 3.96. The third-order valence-electron chi connectivity index (χ3n) is 3.91. The van der Waals surface area contributed by atoms with Crippen molar-refractivity contribution in [3.8, 4) is 0 Å². The smallest absolute Gasteiger partial charge is 0.0669 e. The van der Waals surface area contributed by atoms with Gasteiger partial charge < -0.3 is 10.2 Å². The largest absolute Gasteiger partial charge is 0.396 e. The molecule has 0 spiro atoms. The maximum Gasteiger partial charge on any atom is 0.0669 e. The fraction of sp³-hybridized carbons (Fsp3) is 1.00. The first kappa shape index (κ1) is 12.0. The molecule has 0 heterocycles. The molecule has 2 heteroatoms. The second-order valence-corrected chi connectivity index (χ2v) is 5.27. The highest BCUT2D eigenvalue weighted by Gasteiger charge is 2.42. The number of hydrogen-bond donors (Lipinski definition) is 2. The van der Waals surface area contributed by atoms with Gasteiger partial charge in [0.1, 0.15) is 0 Å². The van der Waals surface area contributed by atoms with Gasteiger partial charge in [-0.25, -0.2) is 0 Å². The van der Waals surface area contributed by atoms with E-state index in [2.05, 4.69) is 0 Å². The van der Waals surface area contributed by atoms with Crippen LogP contribution in [0.5, 0.6) is 0 Å². The Balaban J connectivity index is 2.73. The maximum atomic E-state index is 10.1. The number of aliphatic hydroxyl groups is 2. The molecule has 0 aliphatic heterocycles. The van der Waals surface area contributed by atoms with Gasteiger partial charge in [-0.15, -0.1) is 0 Å². The molecule has 2 nitrogen and oxygen atoms in total. The van der Waals surface area contributed by atoms with E-state index in [9.17, 15) is 10.2 Å². The van der Waals surface area contributed by atoms with Crippen LogP contribution in [0.4, 0.5) is 0 Å². The van der Waals surface area contributed by atoms with Crippen LogP contribution in [0.3, 0.4) is 0 Å². The summed E-state index contributed by atoms with van der Waals surface area (Å²) in [6.45, 7) is 3.80. The van der Waals surface area contributed by atoms with E-state index in [1.165, 1.54) is 19.3 Å². The highest BCUT2D eigenvalue weighted by molar-refractivity contribution is 4.93. The van der Waals surface area contributed by atoms with Crippen molar-refractivity contribution in [2.75, 3.05) is 6.61 Å². The van der Waals surface area contributed by atoms with Crippen LogP contribution in [-0.4, -0.2) is 22.4 Å². The molecule has 2 N–H and O–H groups in total. The van der Waals surface area contributed by atoms with Crippen molar-refractivity contribution in [1.82, 2.24) is 0 Å². The van der Waals surface area contributed by atoms with Crippen LogP contribution in [-0.2, 0) is 0 Å². The van der Waals surface area contributed by atoms with Crippen molar-refractivity contribution in [2.45, 2.75) is 64.4 Å². The minimum atomic E-state index is -0.751. The van der Waals surface area contributed by atoms with Crippen LogP contribution < -0.4 is 0 Å². The predicted octanol–water partition coefficient (Wildman–Crippen LogP) is 2.48. The van der Waals surface area contributed by atoms with Gasteiger partial charge >= 0.3 is 0 Å². The van der Waals surface area contributed by atoms with Gasteiger partial charge in [0.15, 0.2) is 0 Å². The highest BCUT2D eigenvalue weighted by Crippen LogP contribution is 2.42. The fourth-order valence-corrected chi connectivity index (χ4v) is 2.55. The van der Waals surface area contributed by atoms with E-state index in [1.807, 2.05) is 13.8 Å². The molecule has 84 valence electrons. The van der Waals surface area contributed by atoms with E-state index in [0.29, 0.717) is 0 Å². The summed E-state index contributed by atoms with van der Waals surface area (Å²) in [5.41, 5.74) is -1.01. The van der Waals surface area contributed by atoms with Gasteiger partial charge in [-0.2, -0.15) is 0 Å². The molecule has 1 saturated carbocycles. The molecule has 0 unspecified atom stereocenters. The average molecular weight is 200 g/mol. The van der Waals surface area contributed by atoms with Gasteiger partial charge in [-0.3, -0.25) is 0 Å². The Bertz CT molecular complexity index is 162. The lowest BCUT2D eigenvalue weighted by Crippen LogP contribution is -2.46. The molecular weight excluding hydrogens is 176 g/mol. The summed E-state index contributed by atoms with van der Waals surface area (Å²) in [5.74, 6) is 0. The summed E-state index contributed by atoms with van der Waals surface area (Å²) in [6.07, 6.45) is 8.03. The standard InChI is InChI=1S/C12H24O2/c1-11(2,14)12(10-13)8-6-4-3-5-7-9-12/h13-14H,3-10H2,1-2H3. The molecule has 0 radical (unpaired) electrons. The minimum absolute atomic E-state index is 0.122. The Labute approximate surface area is 87.3 Å². The van der Waals surface area contributed by atoms with Gasteiger partial charge in [-0.05, 0) is 26.7 Å². The fourth-order valence-electron chi connectivity index (χ4n) is 2.55. The molecule has 0 saturated heterocycles. The molecule has 0 aromatic carbocycles. The first-order chi connectivity index (χ1) is 6.52. The van der Waals surface area contributed by atoms with Crippen LogP contribution >= 0.6 is 0 Å². The SMILES string of the molecule is CC(C)(O)C1(CO)CCCCCCC1. The lowest BCUT2D eigenvalue weighted by Gasteiger charge is -2.43. The van der Waals surface area contributed by atoms with E-state index >= 15 is 0 Å². The molecule has 0 amide bonds. The van der Waals surface area contributed by atoms with E-state index in [1.54, 1.807) is 0 Å². The van der Waals surface area contributed by atoms with Crippen LogP contribution in [0, 0.1) is 5.41 Å². The molecule has 0 aromatic heterocycles. The van der Waals surface area contributed by atoms with Crippen molar-refractivity contribution in [2.24, 2.45) is 5.41 Å². The molecule has 1 aliphatic carbocycles. The highest BCUT2D eigenvalue weighted by atomic mass is 16.3. The number of rotatable bonds is 2. The zero-order valence-electron chi connectivity index (χ0n) is 9.55. The van der Waals surface area contributed by atoms with Crippen molar-refractivity contribution >= 4 is 0 Å². The quantitative estimate of drug-likeness (QED) is 0.719. The Morgan fingerprint density at radius 3 is 1.79 bits per heavy atom. The van der Waals surface area contributed by atoms with Crippen LogP contribution in [0.25, 0.3) is 0 Å². The maximum absolute atomic E-state index is 10.1. The molecule has 1 fully saturated rings. The van der Waals surface area contributed by atoms with Gasteiger partial charge in [-0.1, -0.05) is 32.1 Å². The monoisotopic (exact) mass is 200 g/mol. The predicted molar refractivity (Wildman–Crippen MR) is 58.1 cm³/mol. The van der Waals surface area contributed by atoms with Crippen LogP contribution in [0.2, 0.25) is 0 Å². The Morgan fingerprint density at radius 2 is 1.43 bits per heavy atom. The summed E-state index contributed by atoms with van der Waals surface area (Å²) in [5, 5.41) is 19.7. The molecule has 1 aliphatic rings. The average Bonchev–Trinajstić information content (AvgIpc) is 2.02. The first-order valence-electron chi connectivity index (χ1n) is 5.85. The van der Waals surface area contributed by atoms with E-state index in [0.717, 1.165) is 25.7 Å². The van der Waals surface area contributed by atoms with Crippen molar-refractivity contribution in [1.29, 1.82) is 0 Å². The topological polar surface area (TPSA) is 40.5 Å². The van der Waals surface area contributed by atoms with Crippen molar-refractivity contribution in [3.05, 3.63) is 0 Å². The number of aliphatic hydroxyl groups excluding tert-OH is 1. The first-order valence-corrected chi connectivity index (χ1v) is 5.85. The lowest BCUT2D eigenvalue weighted by molar-refractivity contribution is -0.0979. The molecule has 0 aromatic rings. The van der Waals surface area contributed by atoms with Gasteiger partial charge in [0.05, 0.1) is 12.2 Å². The van der Waals surface area contributed by atoms with E-state index in [-0.39, 0.29) is 12.0 Å². The molecular formula is C12H24O2. The molecule has 14 heavy (non-hydrogen) atoms. The zero-order valence-corrected chi connectivity index (χ0v) is 9.55. The van der Waals surface area contributed by atoms with Gasteiger partial charge in [0.2, 0.25) is 0 Å². The summed E-state index contributed by atoms with van der Waals surface area (Å²) < 4.78 is 0. The Morgan fingerprint density at radius 1 is 1.00 bits per heavy atom. The second kappa shape index (κ2) is 4.63. The van der Waals surface area contributed by atoms with E-state index < -0.39 is 5.60 Å². The zero-order chi connectivity index (χ0) is 10.7. The summed E-state index contributed by atoms with van der Waals surface area (Å²) in [7, 11) is 0. The minimum Gasteiger partial charge on any atom is -0.396 e. The van der Waals surface area contributed by atoms with Gasteiger partial charge in [0, 0.05) is 5.41 Å². The summed E-state index contributed by atoms with van der Waals surface area (Å²) in [4.78, 5) is 0. The van der Waals surface area contributed by atoms with Crippen molar-refractivity contribution in [3.63, 3.8) is 0 Å². The third kappa shape index (κ3) is 2.48. The Hall–Kier alpha value is -0.0800. The van der Waals surface area contributed by atoms with Crippen LogP contribution in [0.15, 0.2) is 0 Å².